The van der Waals surface area contributed by atoms with Crippen LogP contribution in [0.1, 0.15) is 0 Å². The first-order valence-electron chi connectivity index (χ1n) is 8.26. The summed E-state index contributed by atoms with van der Waals surface area (Å²) < 4.78 is 0. The normalized spacial score (nSPS) is 13.2. The van der Waals surface area contributed by atoms with Crippen molar-refractivity contribution in [3.05, 3.63) is 70.9 Å². The molecule has 0 radical (unpaired) electrons. The summed E-state index contributed by atoms with van der Waals surface area (Å²) in [6.45, 7) is 0. The van der Waals surface area contributed by atoms with Crippen molar-refractivity contribution in [3.63, 3.8) is 0 Å². The highest BCUT2D eigenvalue weighted by molar-refractivity contribution is 6.45. The van der Waals surface area contributed by atoms with Crippen molar-refractivity contribution < 1.29 is 0 Å². The first-order chi connectivity index (χ1) is 11.8. The van der Waals surface area contributed by atoms with Gasteiger partial charge in [-0.05, 0) is 55.2 Å². The highest BCUT2D eigenvalue weighted by Crippen LogP contribution is 2.47. The van der Waals surface area contributed by atoms with Gasteiger partial charge in [0, 0.05) is 21.5 Å². The van der Waals surface area contributed by atoms with E-state index in [0.717, 1.165) is 21.5 Å². The highest BCUT2D eigenvalue weighted by Gasteiger charge is 2.22. The first kappa shape index (κ1) is 11.4. The van der Waals surface area contributed by atoms with Crippen molar-refractivity contribution in [3.8, 4) is 0 Å². The Morgan fingerprint density at radius 2 is 0.667 bits per heavy atom. The molecule has 0 spiro atoms. The van der Waals surface area contributed by atoms with E-state index in [9.17, 15) is 4.79 Å². The zero-order valence-corrected chi connectivity index (χ0v) is 12.7. The third-order valence-corrected chi connectivity index (χ3v) is 5.87. The van der Waals surface area contributed by atoms with Crippen LogP contribution in [0.5, 0.6) is 0 Å². The summed E-state index contributed by atoms with van der Waals surface area (Å²) in [7, 11) is 0. The molecule has 0 aliphatic rings. The Morgan fingerprint density at radius 3 is 1.04 bits per heavy atom. The van der Waals surface area contributed by atoms with Crippen molar-refractivity contribution in [1.82, 2.24) is 0 Å². The van der Waals surface area contributed by atoms with Gasteiger partial charge in [-0.2, -0.15) is 0 Å². The minimum absolute atomic E-state index is 0.172. The van der Waals surface area contributed by atoms with Gasteiger partial charge >= 0.3 is 0 Å². The molecule has 1 nitrogen and oxygen atoms in total. The summed E-state index contributed by atoms with van der Waals surface area (Å²) in [5.74, 6) is 0. The lowest BCUT2D eigenvalue weighted by Crippen LogP contribution is -1.92. The minimum atomic E-state index is 0.172. The van der Waals surface area contributed by atoms with E-state index in [1.807, 2.05) is 12.1 Å². The second-order valence-corrected chi connectivity index (χ2v) is 6.89. The molecule has 0 fully saturated rings. The smallest absolute Gasteiger partial charge is 0.194 e. The van der Waals surface area contributed by atoms with Crippen LogP contribution in [0.4, 0.5) is 0 Å². The van der Waals surface area contributed by atoms with E-state index >= 15 is 0 Å². The van der Waals surface area contributed by atoms with E-state index in [4.69, 9.17) is 0 Å². The van der Waals surface area contributed by atoms with Crippen molar-refractivity contribution in [1.29, 1.82) is 0 Å². The largest absolute Gasteiger partial charge is 0.289 e. The molecule has 24 heavy (non-hydrogen) atoms. The van der Waals surface area contributed by atoms with Crippen molar-refractivity contribution in [2.75, 3.05) is 0 Å². The average Bonchev–Trinajstić information content (AvgIpc) is 2.93. The summed E-state index contributed by atoms with van der Waals surface area (Å²) in [5.41, 5.74) is 0.172. The molecule has 0 saturated carbocycles. The molecule has 0 N–H and O–H groups in total. The van der Waals surface area contributed by atoms with Crippen LogP contribution in [-0.2, 0) is 0 Å². The predicted octanol–water partition coefficient (Wildman–Crippen LogP) is 5.72. The molecule has 0 heterocycles. The summed E-state index contributed by atoms with van der Waals surface area (Å²) in [6.07, 6.45) is 0. The Morgan fingerprint density at radius 1 is 0.375 bits per heavy atom. The quantitative estimate of drug-likeness (QED) is 0.259. The Labute approximate surface area is 136 Å². The fraction of sp³-hybridized carbons (Fsp3) is 0. The van der Waals surface area contributed by atoms with Crippen LogP contribution in [0.25, 0.3) is 64.6 Å². The van der Waals surface area contributed by atoms with E-state index in [1.54, 1.807) is 0 Å². The van der Waals surface area contributed by atoms with Gasteiger partial charge in [0.05, 0.1) is 0 Å². The Kier molecular flexibility index (Phi) is 1.58. The maximum absolute atomic E-state index is 13.0. The van der Waals surface area contributed by atoms with Gasteiger partial charge in [0.2, 0.25) is 0 Å². The molecular formula is C23H10O. The van der Waals surface area contributed by atoms with Crippen LogP contribution in [0, 0.1) is 0 Å². The van der Waals surface area contributed by atoms with Gasteiger partial charge < -0.3 is 0 Å². The molecule has 0 aromatic heterocycles. The van der Waals surface area contributed by atoms with E-state index in [-0.39, 0.29) is 5.43 Å². The zero-order valence-electron chi connectivity index (χ0n) is 12.7. The lowest BCUT2D eigenvalue weighted by atomic mass is 9.86. The predicted molar refractivity (Wildman–Crippen MR) is 102 cm³/mol. The van der Waals surface area contributed by atoms with Gasteiger partial charge in [-0.15, -0.1) is 0 Å². The monoisotopic (exact) mass is 302 g/mol. The molecule has 7 aromatic carbocycles. The Hall–Kier alpha value is -3.19. The van der Waals surface area contributed by atoms with Crippen molar-refractivity contribution in [2.45, 2.75) is 0 Å². The number of hydrogen-bond donors (Lipinski definition) is 0. The number of benzene rings is 6. The summed E-state index contributed by atoms with van der Waals surface area (Å²) in [5, 5.41) is 14.2. The van der Waals surface area contributed by atoms with E-state index < -0.39 is 0 Å². The van der Waals surface area contributed by atoms with Crippen LogP contribution in [0.2, 0.25) is 0 Å². The zero-order chi connectivity index (χ0) is 15.6. The lowest BCUT2D eigenvalue weighted by Gasteiger charge is -2.16. The average molecular weight is 302 g/mol. The number of hydrogen-bond acceptors (Lipinski definition) is 1. The maximum Gasteiger partial charge on any atom is 0.194 e. The molecule has 0 bridgehead atoms. The van der Waals surface area contributed by atoms with E-state index in [1.165, 1.54) is 43.1 Å². The van der Waals surface area contributed by atoms with Crippen LogP contribution in [-0.4, -0.2) is 0 Å². The standard InChI is InChI=1S/C23H10O/c24-23-15-9-7-13-5-3-11-1-2-12-4-6-14-8-10-16(23)22-20(14)18(12)17(11)19(13)21(15)22/h1-10H. The second-order valence-electron chi connectivity index (χ2n) is 6.89. The molecule has 0 unspecified atom stereocenters. The minimum Gasteiger partial charge on any atom is -0.289 e. The van der Waals surface area contributed by atoms with Gasteiger partial charge in [0.1, 0.15) is 0 Å². The Bertz CT molecular complexity index is 1480. The summed E-state index contributed by atoms with van der Waals surface area (Å²) >= 11 is 0. The van der Waals surface area contributed by atoms with Crippen LogP contribution in [0.15, 0.2) is 65.5 Å². The van der Waals surface area contributed by atoms with Crippen molar-refractivity contribution >= 4 is 64.6 Å². The van der Waals surface area contributed by atoms with Crippen LogP contribution < -0.4 is 5.43 Å². The SMILES string of the molecule is O=c1c2ccc3ccc4ccc5ccc6ccc1c1c6c5c4c3c21. The third kappa shape index (κ3) is 0.985. The molecule has 7 rings (SSSR count). The first-order valence-corrected chi connectivity index (χ1v) is 8.26. The van der Waals surface area contributed by atoms with E-state index in [0.29, 0.717) is 0 Å². The van der Waals surface area contributed by atoms with Gasteiger partial charge in [0.25, 0.3) is 0 Å². The number of rotatable bonds is 0. The fourth-order valence-electron chi connectivity index (χ4n) is 4.91. The molecule has 0 amide bonds. The molecule has 7 aromatic rings. The van der Waals surface area contributed by atoms with Crippen LogP contribution in [0.3, 0.4) is 0 Å². The van der Waals surface area contributed by atoms with Gasteiger partial charge in [0.15, 0.2) is 5.43 Å². The van der Waals surface area contributed by atoms with Gasteiger partial charge in [-0.25, -0.2) is 0 Å². The van der Waals surface area contributed by atoms with Crippen LogP contribution >= 0.6 is 0 Å². The maximum atomic E-state index is 13.0. The molecular weight excluding hydrogens is 292 g/mol. The molecule has 0 saturated heterocycles. The Balaban J connectivity index is 2.15. The lowest BCUT2D eigenvalue weighted by molar-refractivity contribution is 1.84. The third-order valence-electron chi connectivity index (χ3n) is 5.87. The fourth-order valence-corrected chi connectivity index (χ4v) is 4.91. The molecule has 108 valence electrons. The molecule has 0 atom stereocenters. The van der Waals surface area contributed by atoms with E-state index in [2.05, 4.69) is 48.5 Å². The van der Waals surface area contributed by atoms with Gasteiger partial charge in [-0.1, -0.05) is 48.5 Å². The van der Waals surface area contributed by atoms with Gasteiger partial charge in [-0.3, -0.25) is 4.79 Å². The highest BCUT2D eigenvalue weighted by atomic mass is 16.1. The molecule has 1 heteroatoms. The molecule has 0 aliphatic carbocycles. The summed E-state index contributed by atoms with van der Waals surface area (Å²) in [4.78, 5) is 13.0. The summed E-state index contributed by atoms with van der Waals surface area (Å²) in [6, 6.07) is 21.4. The van der Waals surface area contributed by atoms with Crippen molar-refractivity contribution in [2.24, 2.45) is 0 Å². The second kappa shape index (κ2) is 3.34. The molecule has 0 aliphatic heterocycles. The topological polar surface area (TPSA) is 17.1 Å².